The van der Waals surface area contributed by atoms with Crippen molar-refractivity contribution in [3.63, 3.8) is 0 Å². The molecule has 1 aromatic carbocycles. The number of hydrogen-bond donors (Lipinski definition) is 2. The molecule has 3 amide bonds. The Morgan fingerprint density at radius 1 is 1.08 bits per heavy atom. The van der Waals surface area contributed by atoms with Crippen LogP contribution in [0.5, 0.6) is 0 Å². The number of nitrogens with two attached hydrogens (primary N) is 1. The summed E-state index contributed by atoms with van der Waals surface area (Å²) in [6.07, 6.45) is 0.114. The van der Waals surface area contributed by atoms with Crippen molar-refractivity contribution in [3.05, 3.63) is 47.3 Å². The molecule has 2 heterocycles. The molecule has 0 radical (unpaired) electrons. The Bertz CT molecular complexity index is 709. The Morgan fingerprint density at radius 2 is 1.83 bits per heavy atom. The van der Waals surface area contributed by atoms with Crippen molar-refractivity contribution in [1.29, 1.82) is 0 Å². The number of carbonyl (C=O) groups excluding carboxylic acids is 2. The minimum atomic E-state index is -0.415. The number of piperazine rings is 1. The second kappa shape index (κ2) is 7.35. The summed E-state index contributed by atoms with van der Waals surface area (Å²) in [7, 11) is 0. The molecule has 3 N–H and O–H groups in total. The molecule has 1 saturated heterocycles. The summed E-state index contributed by atoms with van der Waals surface area (Å²) in [5, 5.41) is 6.20. The molecule has 6 nitrogen and oxygen atoms in total. The van der Waals surface area contributed by atoms with Crippen LogP contribution in [-0.4, -0.2) is 43.0 Å². The van der Waals surface area contributed by atoms with Crippen LogP contribution >= 0.6 is 11.3 Å². The van der Waals surface area contributed by atoms with Crippen molar-refractivity contribution in [3.8, 4) is 0 Å². The number of benzene rings is 1. The summed E-state index contributed by atoms with van der Waals surface area (Å²) in [5.41, 5.74) is 6.63. The second-order valence-electron chi connectivity index (χ2n) is 5.66. The van der Waals surface area contributed by atoms with E-state index in [1.807, 2.05) is 18.2 Å². The molecule has 0 saturated carbocycles. The van der Waals surface area contributed by atoms with E-state index in [1.54, 1.807) is 28.4 Å². The zero-order valence-electron chi connectivity index (χ0n) is 13.3. The normalized spacial score (nSPS) is 14.5. The van der Waals surface area contributed by atoms with Crippen molar-refractivity contribution in [1.82, 2.24) is 4.90 Å². The molecule has 0 unspecified atom stereocenters. The number of carbonyl (C=O) groups is 2. The average Bonchev–Trinajstić information content (AvgIpc) is 3.11. The lowest BCUT2D eigenvalue weighted by atomic mass is 10.1. The van der Waals surface area contributed by atoms with Gasteiger partial charge in [0.05, 0.1) is 11.4 Å². The maximum Gasteiger partial charge on any atom is 0.321 e. The van der Waals surface area contributed by atoms with Gasteiger partial charge < -0.3 is 20.9 Å². The van der Waals surface area contributed by atoms with Gasteiger partial charge in [-0.3, -0.25) is 4.79 Å². The highest BCUT2D eigenvalue weighted by molar-refractivity contribution is 7.14. The van der Waals surface area contributed by atoms with E-state index in [1.165, 1.54) is 5.00 Å². The van der Waals surface area contributed by atoms with Gasteiger partial charge in [0.25, 0.3) is 0 Å². The first-order valence-electron chi connectivity index (χ1n) is 7.84. The lowest BCUT2D eigenvalue weighted by Gasteiger charge is -2.35. The molecule has 0 atom stereocenters. The summed E-state index contributed by atoms with van der Waals surface area (Å²) in [4.78, 5) is 27.7. The Balaban J connectivity index is 1.59. The number of rotatable bonds is 4. The van der Waals surface area contributed by atoms with Crippen LogP contribution in [0, 0.1) is 0 Å². The fourth-order valence-electron chi connectivity index (χ4n) is 2.76. The second-order valence-corrected chi connectivity index (χ2v) is 6.58. The first-order chi connectivity index (χ1) is 11.6. The van der Waals surface area contributed by atoms with Gasteiger partial charge in [0, 0.05) is 31.9 Å². The summed E-state index contributed by atoms with van der Waals surface area (Å²) in [5.74, 6) is -0.415. The minimum absolute atomic E-state index is 0.114. The molecule has 126 valence electrons. The maximum absolute atomic E-state index is 12.5. The van der Waals surface area contributed by atoms with E-state index in [9.17, 15) is 9.59 Å². The van der Waals surface area contributed by atoms with Gasteiger partial charge in [-0.2, -0.15) is 0 Å². The van der Waals surface area contributed by atoms with E-state index >= 15 is 0 Å². The fraction of sp³-hybridized carbons (Fsp3) is 0.294. The molecular weight excluding hydrogens is 324 g/mol. The van der Waals surface area contributed by atoms with Crippen LogP contribution in [-0.2, 0) is 11.2 Å². The Labute approximate surface area is 144 Å². The zero-order valence-corrected chi connectivity index (χ0v) is 14.1. The highest BCUT2D eigenvalue weighted by atomic mass is 32.1. The van der Waals surface area contributed by atoms with Gasteiger partial charge in [0.15, 0.2) is 0 Å². The molecule has 1 aliphatic heterocycles. The number of anilines is 2. The molecule has 0 bridgehead atoms. The van der Waals surface area contributed by atoms with E-state index in [-0.39, 0.29) is 12.5 Å². The predicted octanol–water partition coefficient (Wildman–Crippen LogP) is 2.13. The average molecular weight is 344 g/mol. The lowest BCUT2D eigenvalue weighted by molar-refractivity contribution is -0.117. The Hall–Kier alpha value is -2.54. The topological polar surface area (TPSA) is 78.7 Å². The largest absolute Gasteiger partial charge is 0.369 e. The summed E-state index contributed by atoms with van der Waals surface area (Å²) >= 11 is 1.71. The highest BCUT2D eigenvalue weighted by Gasteiger charge is 2.22. The lowest BCUT2D eigenvalue weighted by Crippen LogP contribution is -2.50. The SMILES string of the molecule is NC(=O)Cc1ccccc1NC(=O)N1CCN(c2cccs2)CC1. The maximum atomic E-state index is 12.5. The number of primary amides is 1. The minimum Gasteiger partial charge on any atom is -0.369 e. The van der Waals surface area contributed by atoms with Crippen LogP contribution in [0.1, 0.15) is 5.56 Å². The van der Waals surface area contributed by atoms with Gasteiger partial charge in [-0.15, -0.1) is 11.3 Å². The van der Waals surface area contributed by atoms with Crippen LogP contribution in [0.4, 0.5) is 15.5 Å². The number of hydrogen-bond acceptors (Lipinski definition) is 4. The summed E-state index contributed by atoms with van der Waals surface area (Å²) < 4.78 is 0. The van der Waals surface area contributed by atoms with Crippen LogP contribution in [0.3, 0.4) is 0 Å². The fourth-order valence-corrected chi connectivity index (χ4v) is 3.54. The monoisotopic (exact) mass is 344 g/mol. The quantitative estimate of drug-likeness (QED) is 0.892. The Kier molecular flexibility index (Phi) is 5.00. The van der Waals surface area contributed by atoms with Crippen molar-refractivity contribution in [2.24, 2.45) is 5.73 Å². The molecule has 7 heteroatoms. The van der Waals surface area contributed by atoms with E-state index in [0.29, 0.717) is 18.8 Å². The molecule has 0 spiro atoms. The van der Waals surface area contributed by atoms with E-state index < -0.39 is 5.91 Å². The summed E-state index contributed by atoms with van der Waals surface area (Å²) in [6, 6.07) is 11.2. The predicted molar refractivity (Wildman–Crippen MR) is 96.5 cm³/mol. The number of thiophene rings is 1. The molecule has 3 rings (SSSR count). The standard InChI is InChI=1S/C17H20N4O2S/c18-15(22)12-13-4-1-2-5-14(13)19-17(23)21-9-7-20(8-10-21)16-6-3-11-24-16/h1-6,11H,7-10,12H2,(H2,18,22)(H,19,23). The van der Waals surface area contributed by atoms with E-state index in [2.05, 4.69) is 21.7 Å². The van der Waals surface area contributed by atoms with E-state index in [4.69, 9.17) is 5.73 Å². The van der Waals surface area contributed by atoms with Crippen LogP contribution in [0.25, 0.3) is 0 Å². The highest BCUT2D eigenvalue weighted by Crippen LogP contribution is 2.23. The van der Waals surface area contributed by atoms with Crippen molar-refractivity contribution in [2.45, 2.75) is 6.42 Å². The van der Waals surface area contributed by atoms with E-state index in [0.717, 1.165) is 18.7 Å². The number of nitrogens with zero attached hydrogens (tertiary/aromatic N) is 2. The molecule has 0 aliphatic carbocycles. The Morgan fingerprint density at radius 3 is 2.50 bits per heavy atom. The van der Waals surface area contributed by atoms with Crippen LogP contribution in [0.2, 0.25) is 0 Å². The van der Waals surface area contributed by atoms with Gasteiger partial charge in [-0.05, 0) is 29.1 Å². The first kappa shape index (κ1) is 16.3. The summed E-state index contributed by atoms with van der Waals surface area (Å²) in [6.45, 7) is 2.97. The third-order valence-corrected chi connectivity index (χ3v) is 4.94. The molecule has 24 heavy (non-hydrogen) atoms. The first-order valence-corrected chi connectivity index (χ1v) is 8.72. The molecule has 2 aromatic rings. The van der Waals surface area contributed by atoms with Gasteiger partial charge in [0.2, 0.25) is 5.91 Å². The number of para-hydroxylation sites is 1. The smallest absolute Gasteiger partial charge is 0.321 e. The molecule has 1 aromatic heterocycles. The van der Waals surface area contributed by atoms with Crippen molar-refractivity contribution < 1.29 is 9.59 Å². The van der Waals surface area contributed by atoms with Crippen LogP contribution < -0.4 is 16.0 Å². The van der Waals surface area contributed by atoms with Crippen molar-refractivity contribution >= 4 is 34.0 Å². The van der Waals surface area contributed by atoms with Gasteiger partial charge in [-0.1, -0.05) is 18.2 Å². The van der Waals surface area contributed by atoms with Gasteiger partial charge in [0.1, 0.15) is 0 Å². The number of nitrogens with one attached hydrogen (secondary N) is 1. The van der Waals surface area contributed by atoms with Crippen molar-refractivity contribution in [2.75, 3.05) is 36.4 Å². The zero-order chi connectivity index (χ0) is 16.9. The molecular formula is C17H20N4O2S. The van der Waals surface area contributed by atoms with Gasteiger partial charge >= 0.3 is 6.03 Å². The third-order valence-electron chi connectivity index (χ3n) is 4.01. The number of urea groups is 1. The van der Waals surface area contributed by atoms with Gasteiger partial charge in [-0.25, -0.2) is 4.79 Å². The molecule has 1 aliphatic rings. The third kappa shape index (κ3) is 3.86. The molecule has 1 fully saturated rings. The number of amides is 3. The van der Waals surface area contributed by atoms with Crippen LogP contribution in [0.15, 0.2) is 41.8 Å².